The molecule has 0 N–H and O–H groups in total. The minimum absolute atomic E-state index is 0.309. The monoisotopic (exact) mass is 463 g/mol. The number of fused-ring (bicyclic) bond motifs is 2. The van der Waals surface area contributed by atoms with Crippen molar-refractivity contribution in [1.29, 1.82) is 0 Å². The van der Waals surface area contributed by atoms with Gasteiger partial charge in [0.15, 0.2) is 0 Å². The maximum Gasteiger partial charge on any atom is 0.235 e. The first-order valence-electron chi connectivity index (χ1n) is 9.61. The predicted molar refractivity (Wildman–Crippen MR) is 115 cm³/mol. The number of hydrogen-bond donors (Lipinski definition) is 0. The summed E-state index contributed by atoms with van der Waals surface area (Å²) in [6.45, 7) is 3.89. The fourth-order valence-electron chi connectivity index (χ4n) is 4.02. The van der Waals surface area contributed by atoms with Gasteiger partial charge in [-0.3, -0.25) is 9.59 Å². The van der Waals surface area contributed by atoms with Gasteiger partial charge in [0.05, 0.1) is 16.6 Å². The number of benzene rings is 2. The molecule has 2 aromatic carbocycles. The van der Waals surface area contributed by atoms with Crippen molar-refractivity contribution >= 4 is 33.3 Å². The smallest absolute Gasteiger partial charge is 0.235 e. The lowest BCUT2D eigenvalue weighted by molar-refractivity contribution is -0.113. The van der Waals surface area contributed by atoms with E-state index in [9.17, 15) is 9.59 Å². The molecule has 1 aliphatic carbocycles. The van der Waals surface area contributed by atoms with Crippen molar-refractivity contribution < 1.29 is 14.3 Å². The molecule has 6 nitrogen and oxygen atoms in total. The van der Waals surface area contributed by atoms with Crippen molar-refractivity contribution in [3.05, 3.63) is 77.5 Å². The molecule has 30 heavy (non-hydrogen) atoms. The van der Waals surface area contributed by atoms with E-state index in [1.807, 2.05) is 56.3 Å². The Bertz CT molecular complexity index is 1210. The summed E-state index contributed by atoms with van der Waals surface area (Å²) in [6, 6.07) is 16.2. The van der Waals surface area contributed by atoms with E-state index in [-0.39, 0.29) is 4.83 Å². The molecule has 2 atom stereocenters. The van der Waals surface area contributed by atoms with E-state index < -0.39 is 23.2 Å². The Morgan fingerprint density at radius 3 is 2.37 bits per heavy atom. The molecule has 0 spiro atoms. The number of carbonyl (C=O) groups excluding carboxylic acids is 2. The van der Waals surface area contributed by atoms with Crippen molar-refractivity contribution in [3.8, 4) is 11.3 Å². The van der Waals surface area contributed by atoms with Gasteiger partial charge in [-0.1, -0.05) is 75.7 Å². The molecule has 3 aromatic rings. The number of Topliss-reactive ketones (excluding diaryl/α,β-unsaturated/α-hetero) is 2. The maximum absolute atomic E-state index is 13.2. The number of ketones is 2. The summed E-state index contributed by atoms with van der Waals surface area (Å²) >= 11 is 3.72. The fraction of sp³-hybridized carbons (Fsp3) is 0.217. The van der Waals surface area contributed by atoms with Crippen LogP contribution in [0.25, 0.3) is 17.0 Å². The zero-order chi connectivity index (χ0) is 21.0. The zero-order valence-electron chi connectivity index (χ0n) is 16.4. The number of rotatable bonds is 2. The van der Waals surface area contributed by atoms with Crippen LogP contribution >= 0.6 is 15.9 Å². The van der Waals surface area contributed by atoms with Crippen molar-refractivity contribution in [2.75, 3.05) is 0 Å². The predicted octanol–water partition coefficient (Wildman–Crippen LogP) is 4.24. The molecule has 0 unspecified atom stereocenters. The van der Waals surface area contributed by atoms with Gasteiger partial charge in [0.1, 0.15) is 23.1 Å². The molecule has 0 bridgehead atoms. The second-order valence-electron chi connectivity index (χ2n) is 7.95. The lowest BCUT2D eigenvalue weighted by atomic mass is 9.79. The third kappa shape index (κ3) is 2.76. The van der Waals surface area contributed by atoms with Crippen LogP contribution in [0.2, 0.25) is 0 Å². The topological polar surface area (TPSA) is 74.1 Å². The van der Waals surface area contributed by atoms with Crippen molar-refractivity contribution in [1.82, 2.24) is 15.0 Å². The Hall–Kier alpha value is -3.06. The number of allylic oxidation sites excluding steroid dienone is 1. The molecule has 2 aliphatic rings. The molecule has 0 amide bonds. The Labute approximate surface area is 181 Å². The van der Waals surface area contributed by atoms with Gasteiger partial charge in [0.2, 0.25) is 11.6 Å². The van der Waals surface area contributed by atoms with E-state index in [1.165, 1.54) is 0 Å². The van der Waals surface area contributed by atoms with Gasteiger partial charge >= 0.3 is 0 Å². The second-order valence-corrected chi connectivity index (χ2v) is 8.94. The van der Waals surface area contributed by atoms with E-state index in [1.54, 1.807) is 23.0 Å². The van der Waals surface area contributed by atoms with Gasteiger partial charge < -0.3 is 4.74 Å². The second kappa shape index (κ2) is 6.74. The quantitative estimate of drug-likeness (QED) is 0.419. The maximum atomic E-state index is 13.2. The standard InChI is InChI=1S/C23H18BrN3O3/c1-23(2)22(24)18(27-12-16(25-26-27)13-8-4-3-5-9-13)17-20(29)19(28)14-10-6-7-11-15(14)21(17)30-23/h3-12,18,22H,1-2H3/t18-,22+/m0/s1. The summed E-state index contributed by atoms with van der Waals surface area (Å²) in [5, 5.41) is 8.62. The van der Waals surface area contributed by atoms with Crippen LogP contribution in [0, 0.1) is 0 Å². The van der Waals surface area contributed by atoms with Gasteiger partial charge in [-0.2, -0.15) is 0 Å². The Kier molecular flexibility index (Phi) is 4.25. The highest BCUT2D eigenvalue weighted by Gasteiger charge is 2.51. The van der Waals surface area contributed by atoms with E-state index in [0.29, 0.717) is 28.2 Å². The Morgan fingerprint density at radius 2 is 1.63 bits per heavy atom. The van der Waals surface area contributed by atoms with E-state index >= 15 is 0 Å². The van der Waals surface area contributed by atoms with Crippen LogP contribution in [0.15, 0.2) is 66.4 Å². The van der Waals surface area contributed by atoms with Crippen LogP contribution in [-0.4, -0.2) is 37.0 Å². The zero-order valence-corrected chi connectivity index (χ0v) is 18.0. The summed E-state index contributed by atoms with van der Waals surface area (Å²) in [6.07, 6.45) is 1.80. The molecule has 0 radical (unpaired) electrons. The summed E-state index contributed by atoms with van der Waals surface area (Å²) in [7, 11) is 0. The van der Waals surface area contributed by atoms with Crippen LogP contribution < -0.4 is 0 Å². The van der Waals surface area contributed by atoms with Crippen LogP contribution in [0.5, 0.6) is 0 Å². The molecule has 1 aromatic heterocycles. The minimum atomic E-state index is -0.657. The molecule has 1 aliphatic heterocycles. The summed E-state index contributed by atoms with van der Waals surface area (Å²) in [5.74, 6) is -0.649. The SMILES string of the molecule is CC1(C)OC2=C(C(=O)C(=O)c3ccccc32)[C@H](n2cc(-c3ccccc3)nn2)[C@H]1Br. The van der Waals surface area contributed by atoms with Crippen molar-refractivity contribution in [3.63, 3.8) is 0 Å². The Balaban J connectivity index is 1.70. The lowest BCUT2D eigenvalue weighted by Crippen LogP contribution is -2.48. The number of nitrogens with zero attached hydrogens (tertiary/aromatic N) is 3. The van der Waals surface area contributed by atoms with Crippen molar-refractivity contribution in [2.24, 2.45) is 0 Å². The normalized spacial score (nSPS) is 22.4. The lowest BCUT2D eigenvalue weighted by Gasteiger charge is -2.44. The fourth-order valence-corrected chi connectivity index (χ4v) is 4.62. The third-order valence-electron chi connectivity index (χ3n) is 5.58. The van der Waals surface area contributed by atoms with Crippen LogP contribution in [0.3, 0.4) is 0 Å². The summed E-state index contributed by atoms with van der Waals surface area (Å²) in [5.41, 5.74) is 2.27. The largest absolute Gasteiger partial charge is 0.485 e. The number of carbonyl (C=O) groups is 2. The first-order chi connectivity index (χ1) is 14.4. The van der Waals surface area contributed by atoms with Gasteiger partial charge in [0, 0.05) is 16.7 Å². The molecular formula is C23H18BrN3O3. The van der Waals surface area contributed by atoms with Crippen molar-refractivity contribution in [2.45, 2.75) is 30.3 Å². The molecule has 0 saturated heterocycles. The molecule has 2 heterocycles. The van der Waals surface area contributed by atoms with Gasteiger partial charge in [-0.05, 0) is 13.8 Å². The first kappa shape index (κ1) is 18.9. The highest BCUT2D eigenvalue weighted by Crippen LogP contribution is 2.48. The molecular weight excluding hydrogens is 446 g/mol. The van der Waals surface area contributed by atoms with Crippen LogP contribution in [0.1, 0.15) is 35.8 Å². The van der Waals surface area contributed by atoms with E-state index in [2.05, 4.69) is 26.2 Å². The Morgan fingerprint density at radius 1 is 0.967 bits per heavy atom. The average molecular weight is 464 g/mol. The molecule has 0 fully saturated rings. The molecule has 0 saturated carbocycles. The minimum Gasteiger partial charge on any atom is -0.485 e. The number of aromatic nitrogens is 3. The molecule has 7 heteroatoms. The first-order valence-corrected chi connectivity index (χ1v) is 10.5. The third-order valence-corrected chi connectivity index (χ3v) is 7.18. The number of alkyl halides is 1. The molecule has 5 rings (SSSR count). The summed E-state index contributed by atoms with van der Waals surface area (Å²) < 4.78 is 7.93. The van der Waals surface area contributed by atoms with Crippen LogP contribution in [-0.2, 0) is 9.53 Å². The van der Waals surface area contributed by atoms with Gasteiger partial charge in [0.25, 0.3) is 0 Å². The highest BCUT2D eigenvalue weighted by molar-refractivity contribution is 9.09. The highest BCUT2D eigenvalue weighted by atomic mass is 79.9. The van der Waals surface area contributed by atoms with Crippen LogP contribution in [0.4, 0.5) is 0 Å². The number of ether oxygens (including phenoxy) is 1. The van der Waals surface area contributed by atoms with Gasteiger partial charge in [-0.15, -0.1) is 5.10 Å². The number of halogens is 1. The summed E-state index contributed by atoms with van der Waals surface area (Å²) in [4.78, 5) is 25.7. The van der Waals surface area contributed by atoms with E-state index in [0.717, 1.165) is 5.56 Å². The number of hydrogen-bond acceptors (Lipinski definition) is 5. The van der Waals surface area contributed by atoms with E-state index in [4.69, 9.17) is 4.74 Å². The molecule has 150 valence electrons. The average Bonchev–Trinajstić information content (AvgIpc) is 3.24. The van der Waals surface area contributed by atoms with Gasteiger partial charge in [-0.25, -0.2) is 4.68 Å².